The SMILES string of the molecule is COc1ccc(N2CC(C(=O)Nc3cc(-c4nnco4)ccc3C)CC2=O)cc1. The maximum atomic E-state index is 12.8. The number of carbonyl (C=O) groups is 2. The van der Waals surface area contributed by atoms with E-state index in [-0.39, 0.29) is 18.2 Å². The molecule has 4 rings (SSSR count). The highest BCUT2D eigenvalue weighted by Crippen LogP contribution is 2.29. The van der Waals surface area contributed by atoms with Crippen molar-refractivity contribution in [1.29, 1.82) is 0 Å². The third-order valence-corrected chi connectivity index (χ3v) is 4.98. The van der Waals surface area contributed by atoms with Crippen molar-refractivity contribution in [2.24, 2.45) is 5.92 Å². The van der Waals surface area contributed by atoms with Gasteiger partial charge in [0.05, 0.1) is 13.0 Å². The first kappa shape index (κ1) is 18.7. The summed E-state index contributed by atoms with van der Waals surface area (Å²) in [5.41, 5.74) is 3.02. The summed E-state index contributed by atoms with van der Waals surface area (Å²) in [7, 11) is 1.59. The molecule has 1 saturated heterocycles. The Bertz CT molecular complexity index is 1030. The van der Waals surface area contributed by atoms with Crippen LogP contribution < -0.4 is 15.0 Å². The quantitative estimate of drug-likeness (QED) is 0.717. The van der Waals surface area contributed by atoms with Crippen LogP contribution in [0.5, 0.6) is 5.75 Å². The Morgan fingerprint density at radius 3 is 2.72 bits per heavy atom. The molecule has 1 unspecified atom stereocenters. The fourth-order valence-corrected chi connectivity index (χ4v) is 3.32. The summed E-state index contributed by atoms with van der Waals surface area (Å²) in [6.45, 7) is 2.23. The Morgan fingerprint density at radius 2 is 2.03 bits per heavy atom. The van der Waals surface area contributed by atoms with E-state index in [0.717, 1.165) is 11.3 Å². The lowest BCUT2D eigenvalue weighted by Gasteiger charge is -2.17. The van der Waals surface area contributed by atoms with Gasteiger partial charge in [0.1, 0.15) is 5.75 Å². The Morgan fingerprint density at radius 1 is 1.24 bits per heavy atom. The Hall–Kier alpha value is -3.68. The van der Waals surface area contributed by atoms with Gasteiger partial charge >= 0.3 is 0 Å². The van der Waals surface area contributed by atoms with E-state index in [1.54, 1.807) is 30.2 Å². The number of rotatable bonds is 5. The molecule has 148 valence electrons. The van der Waals surface area contributed by atoms with Crippen LogP contribution in [-0.4, -0.2) is 35.7 Å². The van der Waals surface area contributed by atoms with E-state index in [4.69, 9.17) is 9.15 Å². The number of methoxy groups -OCH3 is 1. The standard InChI is InChI=1S/C21H20N4O4/c1-13-3-4-14(21-24-22-12-29-21)9-18(13)23-20(27)15-10-19(26)25(11-15)16-5-7-17(28-2)8-6-16/h3-9,12,15H,10-11H2,1-2H3,(H,23,27). The fourth-order valence-electron chi connectivity index (χ4n) is 3.32. The molecule has 2 heterocycles. The molecule has 1 aliphatic rings. The van der Waals surface area contributed by atoms with Crippen LogP contribution in [0.2, 0.25) is 0 Å². The minimum absolute atomic E-state index is 0.0772. The van der Waals surface area contributed by atoms with Gasteiger partial charge < -0.3 is 19.4 Å². The lowest BCUT2D eigenvalue weighted by atomic mass is 10.1. The molecule has 1 N–H and O–H groups in total. The van der Waals surface area contributed by atoms with Gasteiger partial charge in [-0.25, -0.2) is 0 Å². The summed E-state index contributed by atoms with van der Waals surface area (Å²) in [5.74, 6) is 0.386. The van der Waals surface area contributed by atoms with Gasteiger partial charge in [-0.15, -0.1) is 10.2 Å². The number of carbonyl (C=O) groups excluding carboxylic acids is 2. The number of nitrogens with zero attached hydrogens (tertiary/aromatic N) is 3. The second kappa shape index (κ2) is 7.75. The van der Waals surface area contributed by atoms with E-state index in [1.807, 2.05) is 31.2 Å². The zero-order valence-corrected chi connectivity index (χ0v) is 16.1. The number of benzene rings is 2. The first-order valence-electron chi connectivity index (χ1n) is 9.17. The number of nitrogens with one attached hydrogen (secondary N) is 1. The highest BCUT2D eigenvalue weighted by molar-refractivity contribution is 6.03. The largest absolute Gasteiger partial charge is 0.497 e. The van der Waals surface area contributed by atoms with Crippen LogP contribution in [0.4, 0.5) is 11.4 Å². The van der Waals surface area contributed by atoms with Gasteiger partial charge in [0.15, 0.2) is 0 Å². The van der Waals surface area contributed by atoms with Crippen molar-refractivity contribution in [1.82, 2.24) is 10.2 Å². The zero-order chi connectivity index (χ0) is 20.4. The van der Waals surface area contributed by atoms with E-state index in [0.29, 0.717) is 29.4 Å². The number of aryl methyl sites for hydroxylation is 1. The minimum Gasteiger partial charge on any atom is -0.497 e. The molecular formula is C21H20N4O4. The van der Waals surface area contributed by atoms with Crippen molar-refractivity contribution in [3.05, 3.63) is 54.4 Å². The predicted octanol–water partition coefficient (Wildman–Crippen LogP) is 3.05. The van der Waals surface area contributed by atoms with Crippen molar-refractivity contribution in [2.75, 3.05) is 23.9 Å². The molecule has 0 saturated carbocycles. The summed E-state index contributed by atoms with van der Waals surface area (Å²) in [6.07, 6.45) is 1.42. The lowest BCUT2D eigenvalue weighted by Crippen LogP contribution is -2.28. The summed E-state index contributed by atoms with van der Waals surface area (Å²) in [6, 6.07) is 12.7. The van der Waals surface area contributed by atoms with Crippen molar-refractivity contribution in [3.8, 4) is 17.2 Å². The Kier molecular flexibility index (Phi) is 4.99. The second-order valence-corrected chi connectivity index (χ2v) is 6.87. The number of ether oxygens (including phenoxy) is 1. The van der Waals surface area contributed by atoms with Gasteiger partial charge in [0.25, 0.3) is 0 Å². The number of aromatic nitrogens is 2. The molecule has 0 bridgehead atoms. The summed E-state index contributed by atoms with van der Waals surface area (Å²) in [5, 5.41) is 10.5. The molecule has 29 heavy (non-hydrogen) atoms. The van der Waals surface area contributed by atoms with E-state index < -0.39 is 5.92 Å². The number of hydrogen-bond acceptors (Lipinski definition) is 6. The molecule has 0 spiro atoms. The van der Waals surface area contributed by atoms with Crippen molar-refractivity contribution in [2.45, 2.75) is 13.3 Å². The summed E-state index contributed by atoms with van der Waals surface area (Å²) < 4.78 is 10.4. The highest BCUT2D eigenvalue weighted by atomic mass is 16.5. The third-order valence-electron chi connectivity index (χ3n) is 4.98. The first-order valence-corrected chi connectivity index (χ1v) is 9.17. The van der Waals surface area contributed by atoms with Crippen LogP contribution in [0.3, 0.4) is 0 Å². The van der Waals surface area contributed by atoms with Gasteiger partial charge in [-0.2, -0.15) is 0 Å². The Labute approximate surface area is 167 Å². The summed E-state index contributed by atoms with van der Waals surface area (Å²) >= 11 is 0. The highest BCUT2D eigenvalue weighted by Gasteiger charge is 2.35. The third kappa shape index (κ3) is 3.82. The number of anilines is 2. The normalized spacial score (nSPS) is 16.1. The maximum absolute atomic E-state index is 12.8. The number of hydrogen-bond donors (Lipinski definition) is 1. The molecule has 0 radical (unpaired) electrons. The van der Waals surface area contributed by atoms with Crippen LogP contribution in [0.25, 0.3) is 11.5 Å². The van der Waals surface area contributed by atoms with Crippen LogP contribution >= 0.6 is 0 Å². The van der Waals surface area contributed by atoms with Gasteiger partial charge in [0, 0.05) is 29.9 Å². The molecule has 2 amide bonds. The molecule has 1 aliphatic heterocycles. The number of amides is 2. The average molecular weight is 392 g/mol. The molecule has 1 atom stereocenters. The smallest absolute Gasteiger partial charge is 0.247 e. The lowest BCUT2D eigenvalue weighted by molar-refractivity contribution is -0.122. The predicted molar refractivity (Wildman–Crippen MR) is 107 cm³/mol. The van der Waals surface area contributed by atoms with Crippen LogP contribution in [-0.2, 0) is 9.59 Å². The topological polar surface area (TPSA) is 97.6 Å². The van der Waals surface area contributed by atoms with Crippen LogP contribution in [0, 0.1) is 12.8 Å². The summed E-state index contributed by atoms with van der Waals surface area (Å²) in [4.78, 5) is 26.9. The minimum atomic E-state index is -0.434. The van der Waals surface area contributed by atoms with Crippen molar-refractivity contribution >= 4 is 23.2 Å². The van der Waals surface area contributed by atoms with Gasteiger partial charge in [-0.3, -0.25) is 9.59 Å². The Balaban J connectivity index is 1.48. The van der Waals surface area contributed by atoms with E-state index >= 15 is 0 Å². The molecule has 1 fully saturated rings. The first-order chi connectivity index (χ1) is 14.0. The molecule has 2 aromatic carbocycles. The molecule has 8 nitrogen and oxygen atoms in total. The fraction of sp³-hybridized carbons (Fsp3) is 0.238. The van der Waals surface area contributed by atoms with Crippen LogP contribution in [0.1, 0.15) is 12.0 Å². The average Bonchev–Trinajstić information content (AvgIpc) is 3.40. The van der Waals surface area contributed by atoms with Gasteiger partial charge in [-0.05, 0) is 48.9 Å². The molecule has 0 aliphatic carbocycles. The molecule has 3 aromatic rings. The molecular weight excluding hydrogens is 372 g/mol. The monoisotopic (exact) mass is 392 g/mol. The maximum Gasteiger partial charge on any atom is 0.247 e. The van der Waals surface area contributed by atoms with Crippen molar-refractivity contribution < 1.29 is 18.7 Å². The van der Waals surface area contributed by atoms with Gasteiger partial charge in [0.2, 0.25) is 24.1 Å². The van der Waals surface area contributed by atoms with Crippen molar-refractivity contribution in [3.63, 3.8) is 0 Å². The zero-order valence-electron chi connectivity index (χ0n) is 16.1. The van der Waals surface area contributed by atoms with E-state index in [2.05, 4.69) is 15.5 Å². The van der Waals surface area contributed by atoms with Gasteiger partial charge in [-0.1, -0.05) is 6.07 Å². The molecule has 8 heteroatoms. The van der Waals surface area contributed by atoms with E-state index in [1.165, 1.54) is 6.39 Å². The van der Waals surface area contributed by atoms with E-state index in [9.17, 15) is 9.59 Å². The second-order valence-electron chi connectivity index (χ2n) is 6.87. The molecule has 1 aromatic heterocycles. The van der Waals surface area contributed by atoms with Crippen LogP contribution in [0.15, 0.2) is 53.3 Å².